The molecule has 4 aromatic rings. The molecule has 334 valence electrons. The van der Waals surface area contributed by atoms with Crippen molar-refractivity contribution in [1.29, 1.82) is 0 Å². The van der Waals surface area contributed by atoms with Crippen molar-refractivity contribution in [3.63, 3.8) is 0 Å². The second kappa shape index (κ2) is 19.3. The van der Waals surface area contributed by atoms with Crippen molar-refractivity contribution in [3.05, 3.63) is 63.7 Å². The van der Waals surface area contributed by atoms with Crippen molar-refractivity contribution in [2.75, 3.05) is 40.0 Å². The largest absolute Gasteiger partial charge is 0.496 e. The van der Waals surface area contributed by atoms with Crippen LogP contribution >= 0.6 is 0 Å². The highest BCUT2D eigenvalue weighted by molar-refractivity contribution is 6.03. The van der Waals surface area contributed by atoms with E-state index in [1.165, 1.54) is 11.7 Å². The number of carbonyl (C=O) groups is 4. The van der Waals surface area contributed by atoms with Crippen LogP contribution in [0.1, 0.15) is 105 Å². The minimum absolute atomic E-state index is 0.0306. The van der Waals surface area contributed by atoms with Gasteiger partial charge >= 0.3 is 5.69 Å². The van der Waals surface area contributed by atoms with E-state index in [1.54, 1.807) is 29.9 Å². The number of ether oxygens (including phenoxy) is 3. The average molecular weight is 862 g/mol. The number of amides is 4. The summed E-state index contributed by atoms with van der Waals surface area (Å²) in [4.78, 5) is 69.3. The maximum atomic E-state index is 13.3. The van der Waals surface area contributed by atoms with Crippen LogP contribution < -0.4 is 31.5 Å². The van der Waals surface area contributed by atoms with Crippen LogP contribution in [0.2, 0.25) is 0 Å². The zero-order chi connectivity index (χ0) is 44.2. The fraction of sp³-hybridized carbons (Fsp3) is 0.542. The summed E-state index contributed by atoms with van der Waals surface area (Å²) in [6.45, 7) is 6.12. The van der Waals surface area contributed by atoms with E-state index in [1.807, 2.05) is 18.2 Å². The van der Waals surface area contributed by atoms with Crippen LogP contribution in [-0.4, -0.2) is 94.8 Å². The summed E-state index contributed by atoms with van der Waals surface area (Å²) in [6, 6.07) is 8.48. The van der Waals surface area contributed by atoms with Crippen molar-refractivity contribution in [3.8, 4) is 23.5 Å². The summed E-state index contributed by atoms with van der Waals surface area (Å²) >= 11 is 0. The number of imide groups is 1. The summed E-state index contributed by atoms with van der Waals surface area (Å²) in [7, 11) is 3.23. The van der Waals surface area contributed by atoms with E-state index in [0.29, 0.717) is 53.5 Å². The molecule has 3 saturated heterocycles. The first kappa shape index (κ1) is 43.9. The Hall–Kier alpha value is -5.72. The number of benzene rings is 2. The van der Waals surface area contributed by atoms with Gasteiger partial charge in [-0.3, -0.25) is 33.6 Å². The van der Waals surface area contributed by atoms with E-state index in [-0.39, 0.29) is 60.1 Å². The van der Waals surface area contributed by atoms with Gasteiger partial charge in [0.1, 0.15) is 18.4 Å². The number of hydrogen-bond acceptors (Lipinski definition) is 10. The van der Waals surface area contributed by atoms with Crippen molar-refractivity contribution in [2.45, 2.75) is 102 Å². The summed E-state index contributed by atoms with van der Waals surface area (Å²) in [6.07, 6.45) is 11.7. The number of methoxy groups -OCH3 is 1. The molecule has 5 heterocycles. The lowest BCUT2D eigenvalue weighted by Gasteiger charge is -2.36. The first-order valence-electron chi connectivity index (χ1n) is 22.6. The average Bonchev–Trinajstić information content (AvgIpc) is 3.78. The monoisotopic (exact) mass is 861 g/mol. The molecule has 63 heavy (non-hydrogen) atoms. The van der Waals surface area contributed by atoms with E-state index >= 15 is 0 Å². The third-order valence-electron chi connectivity index (χ3n) is 13.7. The summed E-state index contributed by atoms with van der Waals surface area (Å²) in [5.41, 5.74) is 9.03. The first-order chi connectivity index (χ1) is 30.5. The standard InChI is InChI=1S/C48H59N7O8/c1-4-31-23-43(57)51-38(31)28-63-47-36-25-41(61-3)37(45(49)58)24-35(36)33(26-50-47)15-14-29-10-12-30(13-11-29)27-54-20-18-34(19-21-54)62-22-6-8-32-7-5-9-39-44(32)53(2)48(60)55(39)40-16-17-42(56)52-46(40)59/h5,7,9,24-26,29-31,34,38,40H,4,6,8,10-13,16-23,27-28H2,1-3H3,(H2,49,58)(H,51,57)(H,52,56,59)/t29?,30?,31-,38-,40?/m1/s1. The fourth-order valence-corrected chi connectivity index (χ4v) is 10.1. The number of piperidine rings is 2. The van der Waals surface area contributed by atoms with E-state index in [4.69, 9.17) is 19.9 Å². The summed E-state index contributed by atoms with van der Waals surface area (Å²) < 4.78 is 21.2. The van der Waals surface area contributed by atoms with Crippen molar-refractivity contribution in [1.82, 2.24) is 29.7 Å². The zero-order valence-electron chi connectivity index (χ0n) is 36.6. The van der Waals surface area contributed by atoms with E-state index < -0.39 is 17.9 Å². The molecule has 15 heteroatoms. The van der Waals surface area contributed by atoms with Crippen molar-refractivity contribution >= 4 is 45.4 Å². The molecule has 1 aliphatic carbocycles. The Morgan fingerprint density at radius 3 is 2.52 bits per heavy atom. The number of fused-ring (bicyclic) bond motifs is 2. The highest BCUT2D eigenvalue weighted by Crippen LogP contribution is 2.35. The molecule has 4 N–H and O–H groups in total. The van der Waals surface area contributed by atoms with Gasteiger partial charge in [-0.25, -0.2) is 9.78 Å². The molecule has 8 rings (SSSR count). The van der Waals surface area contributed by atoms with Crippen molar-refractivity contribution in [2.24, 2.45) is 30.5 Å². The summed E-state index contributed by atoms with van der Waals surface area (Å²) in [5, 5.41) is 6.78. The number of nitrogens with one attached hydrogen (secondary N) is 2. The van der Waals surface area contributed by atoms with Gasteiger partial charge in [0.15, 0.2) is 0 Å². The van der Waals surface area contributed by atoms with Crippen LogP contribution in [-0.2, 0) is 32.6 Å². The molecule has 4 amide bonds. The molecule has 15 nitrogen and oxygen atoms in total. The van der Waals surface area contributed by atoms with Gasteiger partial charge in [-0.2, -0.15) is 0 Å². The molecule has 0 spiro atoms. The number of nitrogens with zero attached hydrogens (tertiary/aromatic N) is 4. The number of pyridine rings is 1. The van der Waals surface area contributed by atoms with Crippen LogP contribution in [0, 0.1) is 29.6 Å². The van der Waals surface area contributed by atoms with Crippen LogP contribution in [0.4, 0.5) is 0 Å². The van der Waals surface area contributed by atoms with Gasteiger partial charge in [0.2, 0.25) is 23.6 Å². The molecular formula is C48H59N7O8. The van der Waals surface area contributed by atoms with Gasteiger partial charge in [0, 0.05) is 69.0 Å². The number of likely N-dealkylation sites (tertiary alicyclic amines) is 1. The highest BCUT2D eigenvalue weighted by atomic mass is 16.5. The molecule has 1 unspecified atom stereocenters. The Kier molecular flexibility index (Phi) is 13.5. The number of hydrogen-bond donors (Lipinski definition) is 3. The number of aryl methyl sites for hydroxylation is 2. The number of imidazole rings is 1. The van der Waals surface area contributed by atoms with E-state index in [0.717, 1.165) is 93.9 Å². The molecule has 2 aromatic carbocycles. The van der Waals surface area contributed by atoms with E-state index in [9.17, 15) is 24.0 Å². The molecule has 0 bridgehead atoms. The van der Waals surface area contributed by atoms with Gasteiger partial charge in [-0.15, -0.1) is 0 Å². The molecule has 2 aromatic heterocycles. The normalized spacial score (nSPS) is 23.3. The lowest BCUT2D eigenvalue weighted by atomic mass is 9.81. The molecule has 0 radical (unpaired) electrons. The Morgan fingerprint density at radius 1 is 1.00 bits per heavy atom. The smallest absolute Gasteiger partial charge is 0.329 e. The predicted octanol–water partition coefficient (Wildman–Crippen LogP) is 4.54. The summed E-state index contributed by atoms with van der Waals surface area (Å²) in [5.74, 6) is 7.42. The molecular weight excluding hydrogens is 803 g/mol. The number of rotatable bonds is 14. The van der Waals surface area contributed by atoms with Crippen LogP contribution in [0.3, 0.4) is 0 Å². The number of carbonyl (C=O) groups excluding carboxylic acids is 4. The number of nitrogens with two attached hydrogens (primary N) is 1. The molecule has 3 aliphatic heterocycles. The van der Waals surface area contributed by atoms with Gasteiger partial charge in [-0.05, 0) is 93.4 Å². The van der Waals surface area contributed by atoms with Crippen LogP contribution in [0.15, 0.2) is 41.3 Å². The minimum atomic E-state index is -0.698. The highest BCUT2D eigenvalue weighted by Gasteiger charge is 2.33. The minimum Gasteiger partial charge on any atom is -0.496 e. The Balaban J connectivity index is 0.806. The lowest BCUT2D eigenvalue weighted by Crippen LogP contribution is -2.44. The molecule has 1 saturated carbocycles. The SMILES string of the molecule is CC[C@@H]1CC(=O)N[C@@H]1COc1ncc(C#CC2CCC(CN3CCC(OCCCc4cccc5c4n(C)c(=O)n5C4CCC(=O)NC4=O)CC3)CC2)c2cc(C(N)=O)c(OC)cc12. The van der Waals surface area contributed by atoms with Crippen molar-refractivity contribution < 1.29 is 33.4 Å². The van der Waals surface area contributed by atoms with Gasteiger partial charge < -0.3 is 30.2 Å². The van der Waals surface area contributed by atoms with E-state index in [2.05, 4.69) is 39.3 Å². The third-order valence-corrected chi connectivity index (χ3v) is 13.7. The Morgan fingerprint density at radius 2 is 1.79 bits per heavy atom. The Bertz CT molecular complexity index is 2500. The number of aromatic nitrogens is 3. The van der Waals surface area contributed by atoms with Gasteiger partial charge in [0.25, 0.3) is 5.91 Å². The first-order valence-corrected chi connectivity index (χ1v) is 22.6. The topological polar surface area (TPSA) is 189 Å². The quantitative estimate of drug-likeness (QED) is 0.0923. The lowest BCUT2D eigenvalue weighted by molar-refractivity contribution is -0.135. The molecule has 4 fully saturated rings. The third kappa shape index (κ3) is 9.62. The maximum Gasteiger partial charge on any atom is 0.329 e. The Labute approximate surface area is 367 Å². The maximum absolute atomic E-state index is 13.3. The predicted molar refractivity (Wildman–Crippen MR) is 237 cm³/mol. The molecule has 4 aliphatic rings. The number of para-hydroxylation sites is 1. The van der Waals surface area contributed by atoms with Gasteiger partial charge in [-0.1, -0.05) is 37.3 Å². The van der Waals surface area contributed by atoms with Crippen LogP contribution in [0.5, 0.6) is 11.6 Å². The van der Waals surface area contributed by atoms with Gasteiger partial charge in [0.05, 0.1) is 41.4 Å². The van der Waals surface area contributed by atoms with Crippen LogP contribution in [0.25, 0.3) is 21.8 Å². The molecule has 3 atom stereocenters. The number of primary amides is 1. The second-order valence-corrected chi connectivity index (χ2v) is 17.7. The fourth-order valence-electron chi connectivity index (χ4n) is 10.1. The zero-order valence-corrected chi connectivity index (χ0v) is 36.6. The second-order valence-electron chi connectivity index (χ2n) is 17.7.